The van der Waals surface area contributed by atoms with E-state index < -0.39 is 0 Å². The molecule has 0 aliphatic rings. The molecular formula is C11H20S. The van der Waals surface area contributed by atoms with Crippen molar-refractivity contribution in [2.75, 3.05) is 0 Å². The predicted molar refractivity (Wildman–Crippen MR) is 60.6 cm³/mol. The molecule has 0 N–H and O–H groups in total. The predicted octanol–water partition coefficient (Wildman–Crippen LogP) is 4.00. The Labute approximate surface area is 82.1 Å². The van der Waals surface area contributed by atoms with Crippen molar-refractivity contribution in [1.29, 1.82) is 0 Å². The van der Waals surface area contributed by atoms with Crippen LogP contribution in [0.25, 0.3) is 0 Å². The van der Waals surface area contributed by atoms with Crippen LogP contribution in [-0.4, -0.2) is 4.86 Å². The normalized spacial score (nSPS) is 15.3. The van der Waals surface area contributed by atoms with E-state index in [2.05, 4.69) is 27.4 Å². The molecular weight excluding hydrogens is 164 g/mol. The summed E-state index contributed by atoms with van der Waals surface area (Å²) in [6.07, 6.45) is 2.20. The zero-order valence-electron chi connectivity index (χ0n) is 8.68. The second-order valence-electron chi connectivity index (χ2n) is 4.02. The van der Waals surface area contributed by atoms with Gasteiger partial charge in [0.2, 0.25) is 0 Å². The van der Waals surface area contributed by atoms with Gasteiger partial charge in [0.1, 0.15) is 0 Å². The second-order valence-corrected chi connectivity index (χ2v) is 4.72. The lowest BCUT2D eigenvalue weighted by Gasteiger charge is -2.19. The van der Waals surface area contributed by atoms with Gasteiger partial charge in [-0.1, -0.05) is 31.6 Å². The smallest absolute Gasteiger partial charge is 0.00997 e. The minimum atomic E-state index is 0.694. The van der Waals surface area contributed by atoms with Crippen LogP contribution in [0.2, 0.25) is 0 Å². The Morgan fingerprint density at radius 2 is 1.58 bits per heavy atom. The standard InChI is InChI=1S/C11H20S/c1-8(2)6-9(3)10(4)7-11(5)12/h9-10H,1,6-7H2,2-5H3. The van der Waals surface area contributed by atoms with Crippen molar-refractivity contribution >= 4 is 17.1 Å². The number of hydrogen-bond donors (Lipinski definition) is 0. The Kier molecular flexibility index (Phi) is 5.39. The first-order chi connectivity index (χ1) is 5.43. The minimum absolute atomic E-state index is 0.694. The molecule has 0 amide bonds. The Morgan fingerprint density at radius 3 is 1.92 bits per heavy atom. The van der Waals surface area contributed by atoms with Crippen LogP contribution < -0.4 is 0 Å². The molecule has 0 rings (SSSR count). The van der Waals surface area contributed by atoms with Crippen molar-refractivity contribution in [1.82, 2.24) is 0 Å². The first kappa shape index (κ1) is 11.8. The molecule has 1 heteroatoms. The van der Waals surface area contributed by atoms with Gasteiger partial charge in [0.25, 0.3) is 0 Å². The van der Waals surface area contributed by atoms with Gasteiger partial charge in [-0.15, -0.1) is 6.58 Å². The highest BCUT2D eigenvalue weighted by atomic mass is 32.1. The Bertz CT molecular complexity index is 150. The van der Waals surface area contributed by atoms with E-state index in [0.29, 0.717) is 11.8 Å². The van der Waals surface area contributed by atoms with Gasteiger partial charge in [0.05, 0.1) is 0 Å². The van der Waals surface area contributed by atoms with Crippen LogP contribution in [0.1, 0.15) is 40.5 Å². The molecule has 2 atom stereocenters. The van der Waals surface area contributed by atoms with Gasteiger partial charge < -0.3 is 0 Å². The number of thiocarbonyl (C=S) groups is 1. The average Bonchev–Trinajstić information content (AvgIpc) is 1.84. The van der Waals surface area contributed by atoms with E-state index in [1.165, 1.54) is 5.57 Å². The van der Waals surface area contributed by atoms with Crippen molar-refractivity contribution < 1.29 is 0 Å². The van der Waals surface area contributed by atoms with E-state index in [0.717, 1.165) is 17.7 Å². The zero-order chi connectivity index (χ0) is 9.72. The SMILES string of the molecule is C=C(C)CC(C)C(C)CC(C)=S. The lowest BCUT2D eigenvalue weighted by molar-refractivity contribution is 0.397. The largest absolute Gasteiger partial charge is 0.100 e. The van der Waals surface area contributed by atoms with Crippen LogP contribution in [0.3, 0.4) is 0 Å². The molecule has 0 heterocycles. The average molecular weight is 184 g/mol. The summed E-state index contributed by atoms with van der Waals surface area (Å²) in [7, 11) is 0. The van der Waals surface area contributed by atoms with Gasteiger partial charge in [0.15, 0.2) is 0 Å². The zero-order valence-corrected chi connectivity index (χ0v) is 9.50. The summed E-state index contributed by atoms with van der Waals surface area (Å²) >= 11 is 5.08. The molecule has 70 valence electrons. The number of rotatable bonds is 5. The lowest BCUT2D eigenvalue weighted by Crippen LogP contribution is -2.10. The van der Waals surface area contributed by atoms with Gasteiger partial charge in [-0.2, -0.15) is 0 Å². The summed E-state index contributed by atoms with van der Waals surface area (Å²) in [5, 5.41) is 0. The van der Waals surface area contributed by atoms with Gasteiger partial charge in [-0.25, -0.2) is 0 Å². The van der Waals surface area contributed by atoms with Crippen molar-refractivity contribution in [3.63, 3.8) is 0 Å². The first-order valence-electron chi connectivity index (χ1n) is 4.57. The maximum atomic E-state index is 5.08. The third-order valence-corrected chi connectivity index (χ3v) is 2.42. The summed E-state index contributed by atoms with van der Waals surface area (Å²) in [4.78, 5) is 1.12. The van der Waals surface area contributed by atoms with Crippen LogP contribution in [0, 0.1) is 11.8 Å². The van der Waals surface area contributed by atoms with Crippen LogP contribution in [-0.2, 0) is 0 Å². The Balaban J connectivity index is 3.83. The van der Waals surface area contributed by atoms with Gasteiger partial charge in [-0.3, -0.25) is 0 Å². The molecule has 0 fully saturated rings. The van der Waals surface area contributed by atoms with Crippen LogP contribution in [0.4, 0.5) is 0 Å². The molecule has 0 bridgehead atoms. The highest BCUT2D eigenvalue weighted by molar-refractivity contribution is 7.80. The quantitative estimate of drug-likeness (QED) is 0.459. The summed E-state index contributed by atoms with van der Waals surface area (Å²) in [6.45, 7) is 12.6. The van der Waals surface area contributed by atoms with Crippen LogP contribution in [0.15, 0.2) is 12.2 Å². The van der Waals surface area contributed by atoms with Crippen molar-refractivity contribution in [3.8, 4) is 0 Å². The highest BCUT2D eigenvalue weighted by Gasteiger charge is 2.12. The molecule has 0 saturated heterocycles. The monoisotopic (exact) mass is 184 g/mol. The maximum Gasteiger partial charge on any atom is -0.00997 e. The fraction of sp³-hybridized carbons (Fsp3) is 0.727. The third kappa shape index (κ3) is 5.48. The van der Waals surface area contributed by atoms with Crippen LogP contribution in [0.5, 0.6) is 0 Å². The van der Waals surface area contributed by atoms with Gasteiger partial charge in [-0.05, 0) is 43.4 Å². The molecule has 0 aromatic carbocycles. The summed E-state index contributed by atoms with van der Waals surface area (Å²) in [5.74, 6) is 1.40. The molecule has 0 nitrogen and oxygen atoms in total. The van der Waals surface area contributed by atoms with E-state index in [-0.39, 0.29) is 0 Å². The van der Waals surface area contributed by atoms with E-state index in [9.17, 15) is 0 Å². The Hall–Kier alpha value is -0.170. The van der Waals surface area contributed by atoms with Crippen molar-refractivity contribution in [2.45, 2.75) is 40.5 Å². The fourth-order valence-corrected chi connectivity index (χ4v) is 1.67. The fourth-order valence-electron chi connectivity index (χ4n) is 1.41. The number of hydrogen-bond acceptors (Lipinski definition) is 1. The van der Waals surface area contributed by atoms with E-state index in [4.69, 9.17) is 12.2 Å². The molecule has 12 heavy (non-hydrogen) atoms. The molecule has 0 spiro atoms. The maximum absolute atomic E-state index is 5.08. The molecule has 0 radical (unpaired) electrons. The lowest BCUT2D eigenvalue weighted by atomic mass is 9.87. The number of allylic oxidation sites excluding steroid dienone is 1. The molecule has 0 aromatic rings. The summed E-state index contributed by atoms with van der Waals surface area (Å²) < 4.78 is 0. The van der Waals surface area contributed by atoms with Crippen LogP contribution >= 0.6 is 12.2 Å². The second kappa shape index (κ2) is 5.47. The van der Waals surface area contributed by atoms with E-state index in [1.54, 1.807) is 0 Å². The highest BCUT2D eigenvalue weighted by Crippen LogP contribution is 2.21. The molecule has 0 aromatic heterocycles. The first-order valence-corrected chi connectivity index (χ1v) is 4.98. The van der Waals surface area contributed by atoms with Crippen molar-refractivity contribution in [3.05, 3.63) is 12.2 Å². The van der Waals surface area contributed by atoms with Gasteiger partial charge in [0, 0.05) is 0 Å². The van der Waals surface area contributed by atoms with Gasteiger partial charge >= 0.3 is 0 Å². The van der Waals surface area contributed by atoms with E-state index in [1.807, 2.05) is 6.92 Å². The summed E-state index contributed by atoms with van der Waals surface area (Å²) in [5.41, 5.74) is 1.27. The Morgan fingerprint density at radius 1 is 1.17 bits per heavy atom. The molecule has 0 saturated carbocycles. The third-order valence-electron chi connectivity index (χ3n) is 2.25. The molecule has 0 aliphatic carbocycles. The summed E-state index contributed by atoms with van der Waals surface area (Å²) in [6, 6.07) is 0. The molecule has 2 unspecified atom stereocenters. The topological polar surface area (TPSA) is 0 Å². The van der Waals surface area contributed by atoms with E-state index >= 15 is 0 Å². The molecule has 0 aliphatic heterocycles. The minimum Gasteiger partial charge on any atom is -0.100 e. The van der Waals surface area contributed by atoms with Crippen molar-refractivity contribution in [2.24, 2.45) is 11.8 Å².